The number of aromatic hydroxyl groups is 1. The molecule has 1 N–H and O–H groups in total. The summed E-state index contributed by atoms with van der Waals surface area (Å²) < 4.78 is 0. The van der Waals surface area contributed by atoms with Crippen molar-refractivity contribution < 1.29 is 9.90 Å². The Morgan fingerprint density at radius 3 is 3.05 bits per heavy atom. The van der Waals surface area contributed by atoms with E-state index in [1.165, 1.54) is 0 Å². The van der Waals surface area contributed by atoms with E-state index in [0.717, 1.165) is 22.3 Å². The Morgan fingerprint density at radius 2 is 2.15 bits per heavy atom. The Bertz CT molecular complexity index is 756. The molecule has 4 rings (SSSR count). The van der Waals surface area contributed by atoms with E-state index in [1.54, 1.807) is 30.8 Å². The molecule has 0 radical (unpaired) electrons. The molecule has 98 valence electrons. The van der Waals surface area contributed by atoms with Crippen molar-refractivity contribution >= 4 is 23.8 Å². The van der Waals surface area contributed by atoms with Crippen LogP contribution in [0.15, 0.2) is 46.0 Å². The van der Waals surface area contributed by atoms with Crippen molar-refractivity contribution in [1.29, 1.82) is 0 Å². The van der Waals surface area contributed by atoms with Crippen molar-refractivity contribution in [3.63, 3.8) is 0 Å². The predicted molar refractivity (Wildman–Crippen MR) is 77.2 cm³/mol. The highest BCUT2D eigenvalue weighted by molar-refractivity contribution is 6.06. The summed E-state index contributed by atoms with van der Waals surface area (Å²) in [6, 6.07) is 5.19. The molecule has 0 saturated carbocycles. The van der Waals surface area contributed by atoms with Crippen LogP contribution >= 0.6 is 0 Å². The summed E-state index contributed by atoms with van der Waals surface area (Å²) in [6.45, 7) is 0. The zero-order valence-electron chi connectivity index (χ0n) is 10.7. The third-order valence-corrected chi connectivity index (χ3v) is 4.09. The fraction of sp³-hybridized carbons (Fsp3) is 0.188. The number of carbonyl (C=O) groups excluding carboxylic acids is 1. The molecule has 0 aromatic heterocycles. The maximum absolute atomic E-state index is 11.9. The van der Waals surface area contributed by atoms with Crippen molar-refractivity contribution in [2.45, 2.75) is 18.4 Å². The van der Waals surface area contributed by atoms with Gasteiger partial charge in [-0.2, -0.15) is 0 Å². The van der Waals surface area contributed by atoms with Gasteiger partial charge < -0.3 is 5.11 Å². The van der Waals surface area contributed by atoms with E-state index in [0.29, 0.717) is 12.8 Å². The highest BCUT2D eigenvalue weighted by Gasteiger charge is 2.45. The second-order valence-corrected chi connectivity index (χ2v) is 5.29. The van der Waals surface area contributed by atoms with Gasteiger partial charge in [0.05, 0.1) is 0 Å². The number of phenolic OH excluding ortho intramolecular Hbond substituents is 1. The molecule has 1 spiro atoms. The van der Waals surface area contributed by atoms with Crippen molar-refractivity contribution in [2.24, 2.45) is 9.98 Å². The zero-order valence-corrected chi connectivity index (χ0v) is 10.7. The molecular formula is C16H12N2O2. The predicted octanol–water partition coefficient (Wildman–Crippen LogP) is 2.28. The largest absolute Gasteiger partial charge is 0.508 e. The minimum atomic E-state index is -0.610. The molecule has 0 fully saturated rings. The van der Waals surface area contributed by atoms with E-state index in [4.69, 9.17) is 0 Å². The molecule has 4 heteroatoms. The lowest BCUT2D eigenvalue weighted by Gasteiger charge is -2.39. The SMILES string of the molecule is O=C1CC=C2C=NC=C3c4ccc(O)cc4C=NC23C1. The van der Waals surface area contributed by atoms with Crippen molar-refractivity contribution in [3.05, 3.63) is 47.2 Å². The Kier molecular flexibility index (Phi) is 2.13. The molecule has 4 nitrogen and oxygen atoms in total. The quantitative estimate of drug-likeness (QED) is 0.781. The van der Waals surface area contributed by atoms with Crippen LogP contribution in [0.4, 0.5) is 0 Å². The molecular weight excluding hydrogens is 252 g/mol. The van der Waals surface area contributed by atoms with Gasteiger partial charge in [0.25, 0.3) is 0 Å². The van der Waals surface area contributed by atoms with Crippen LogP contribution in [0.5, 0.6) is 5.75 Å². The number of benzene rings is 1. The molecule has 1 atom stereocenters. The van der Waals surface area contributed by atoms with Gasteiger partial charge in [0.1, 0.15) is 17.1 Å². The van der Waals surface area contributed by atoms with Crippen molar-refractivity contribution in [3.8, 4) is 5.75 Å². The minimum absolute atomic E-state index is 0.189. The zero-order chi connectivity index (χ0) is 13.7. The molecule has 0 saturated heterocycles. The number of aliphatic imine (C=N–C) groups is 2. The third-order valence-electron chi connectivity index (χ3n) is 4.09. The molecule has 1 aromatic rings. The van der Waals surface area contributed by atoms with Crippen LogP contribution in [-0.2, 0) is 4.79 Å². The molecule has 2 heterocycles. The van der Waals surface area contributed by atoms with Crippen molar-refractivity contribution in [1.82, 2.24) is 0 Å². The normalized spacial score (nSPS) is 26.3. The summed E-state index contributed by atoms with van der Waals surface area (Å²) >= 11 is 0. The third kappa shape index (κ3) is 1.39. The summed E-state index contributed by atoms with van der Waals surface area (Å²) in [7, 11) is 0. The van der Waals surface area contributed by atoms with Crippen LogP contribution in [0.1, 0.15) is 24.0 Å². The average molecular weight is 264 g/mol. The Labute approximate surface area is 115 Å². The van der Waals surface area contributed by atoms with Gasteiger partial charge in [-0.1, -0.05) is 12.1 Å². The molecule has 2 aliphatic heterocycles. The average Bonchev–Trinajstić information content (AvgIpc) is 2.45. The second kappa shape index (κ2) is 3.76. The van der Waals surface area contributed by atoms with Crippen LogP contribution in [0.3, 0.4) is 0 Å². The number of Topliss-reactive ketones (excluding diaryl/α,β-unsaturated/α-hetero) is 1. The topological polar surface area (TPSA) is 62.0 Å². The molecule has 0 bridgehead atoms. The van der Waals surface area contributed by atoms with E-state index < -0.39 is 5.54 Å². The lowest BCUT2D eigenvalue weighted by molar-refractivity contribution is -0.119. The molecule has 1 unspecified atom stereocenters. The maximum Gasteiger partial charge on any atom is 0.139 e. The first kappa shape index (κ1) is 11.3. The lowest BCUT2D eigenvalue weighted by atomic mass is 9.70. The number of nitrogens with zero attached hydrogens (tertiary/aromatic N) is 2. The van der Waals surface area contributed by atoms with Crippen LogP contribution in [0, 0.1) is 0 Å². The van der Waals surface area contributed by atoms with Crippen LogP contribution in [0.2, 0.25) is 0 Å². The van der Waals surface area contributed by atoms with Crippen molar-refractivity contribution in [2.75, 3.05) is 0 Å². The van der Waals surface area contributed by atoms with Crippen LogP contribution < -0.4 is 0 Å². The standard InChI is InChI=1S/C16H12N2O2/c19-12-3-4-14-10(5-12)7-18-16-6-13(20)2-1-11(16)8-17-9-15(14)16/h1,3-5,7-9,19H,2,6H2. The maximum atomic E-state index is 11.9. The first-order valence-corrected chi connectivity index (χ1v) is 6.54. The van der Waals surface area contributed by atoms with Gasteiger partial charge in [-0.25, -0.2) is 0 Å². The number of carbonyl (C=O) groups is 1. The Hall–Kier alpha value is -2.49. The minimum Gasteiger partial charge on any atom is -0.508 e. The molecule has 1 aliphatic carbocycles. The Morgan fingerprint density at radius 1 is 1.25 bits per heavy atom. The fourth-order valence-corrected chi connectivity index (χ4v) is 3.13. The molecule has 3 aliphatic rings. The number of phenols is 1. The smallest absolute Gasteiger partial charge is 0.139 e. The monoisotopic (exact) mass is 264 g/mol. The summed E-state index contributed by atoms with van der Waals surface area (Å²) in [4.78, 5) is 20.8. The summed E-state index contributed by atoms with van der Waals surface area (Å²) in [5, 5.41) is 9.58. The second-order valence-electron chi connectivity index (χ2n) is 5.29. The first-order valence-electron chi connectivity index (χ1n) is 6.54. The Balaban J connectivity index is 1.98. The number of rotatable bonds is 0. The van der Waals surface area contributed by atoms with E-state index in [1.807, 2.05) is 12.1 Å². The van der Waals surface area contributed by atoms with Crippen LogP contribution in [-0.4, -0.2) is 28.9 Å². The lowest BCUT2D eigenvalue weighted by Crippen LogP contribution is -2.40. The number of ketones is 1. The van der Waals surface area contributed by atoms with E-state index >= 15 is 0 Å². The highest BCUT2D eigenvalue weighted by atomic mass is 16.3. The highest BCUT2D eigenvalue weighted by Crippen LogP contribution is 2.46. The number of hydrogen-bond acceptors (Lipinski definition) is 4. The van der Waals surface area contributed by atoms with Gasteiger partial charge in [0, 0.05) is 42.6 Å². The summed E-state index contributed by atoms with van der Waals surface area (Å²) in [6.07, 6.45) is 8.08. The van der Waals surface area contributed by atoms with Gasteiger partial charge >= 0.3 is 0 Å². The van der Waals surface area contributed by atoms with Gasteiger partial charge in [-0.05, 0) is 23.3 Å². The summed E-state index contributed by atoms with van der Waals surface area (Å²) in [5.41, 5.74) is 3.16. The number of hydrogen-bond donors (Lipinski definition) is 1. The van der Waals surface area contributed by atoms with Gasteiger partial charge in [0.2, 0.25) is 0 Å². The number of fused-ring (bicyclic) bond motifs is 2. The van der Waals surface area contributed by atoms with Gasteiger partial charge in [-0.15, -0.1) is 0 Å². The molecule has 1 aromatic carbocycles. The number of allylic oxidation sites excluding steroid dienone is 1. The fourth-order valence-electron chi connectivity index (χ4n) is 3.13. The first-order chi connectivity index (χ1) is 9.69. The van der Waals surface area contributed by atoms with Gasteiger partial charge in [-0.3, -0.25) is 14.8 Å². The van der Waals surface area contributed by atoms with Crippen LogP contribution in [0.25, 0.3) is 5.57 Å². The molecule has 0 amide bonds. The summed E-state index contributed by atoms with van der Waals surface area (Å²) in [5.74, 6) is 0.399. The van der Waals surface area contributed by atoms with E-state index in [-0.39, 0.29) is 11.5 Å². The van der Waals surface area contributed by atoms with E-state index in [2.05, 4.69) is 9.98 Å². The van der Waals surface area contributed by atoms with Gasteiger partial charge in [0.15, 0.2) is 0 Å². The molecule has 20 heavy (non-hydrogen) atoms. The van der Waals surface area contributed by atoms with E-state index in [9.17, 15) is 9.90 Å².